The monoisotopic (exact) mass is 375 g/mol. The van der Waals surface area contributed by atoms with E-state index in [1.54, 1.807) is 0 Å². The third kappa shape index (κ3) is 5.59. The number of hydrogen-bond donors (Lipinski definition) is 2. The van der Waals surface area contributed by atoms with Crippen LogP contribution in [0.1, 0.15) is 25.3 Å². The number of carboxylic acid groups (broad SMARTS) is 1. The van der Waals surface area contributed by atoms with Gasteiger partial charge in [-0.1, -0.05) is 31.5 Å². The number of halogens is 1. The lowest BCUT2D eigenvalue weighted by atomic mass is 10.0. The molecule has 4 nitrogen and oxygen atoms in total. The Morgan fingerprint density at radius 1 is 1.37 bits per heavy atom. The summed E-state index contributed by atoms with van der Waals surface area (Å²) in [5.41, 5.74) is 0.961. The van der Waals surface area contributed by atoms with Gasteiger partial charge in [0.2, 0.25) is 5.91 Å². The molecule has 5 heteroatoms. The van der Waals surface area contributed by atoms with Crippen molar-refractivity contribution in [2.75, 3.05) is 6.54 Å². The lowest BCUT2D eigenvalue weighted by Gasteiger charge is -2.12. The van der Waals surface area contributed by atoms with E-state index in [0.29, 0.717) is 6.42 Å². The first-order valence-corrected chi connectivity index (χ1v) is 7.35. The highest BCUT2D eigenvalue weighted by Crippen LogP contribution is 2.12. The van der Waals surface area contributed by atoms with Crippen LogP contribution < -0.4 is 5.32 Å². The normalized spacial score (nSPS) is 11.9. The molecule has 1 unspecified atom stereocenters. The topological polar surface area (TPSA) is 66.4 Å². The minimum absolute atomic E-state index is 0.133. The molecule has 1 aromatic carbocycles. The highest BCUT2D eigenvalue weighted by Gasteiger charge is 2.17. The molecule has 1 amide bonds. The molecule has 0 heterocycles. The van der Waals surface area contributed by atoms with Crippen molar-refractivity contribution in [1.82, 2.24) is 5.32 Å². The molecule has 1 rings (SSSR count). The van der Waals surface area contributed by atoms with Crippen molar-refractivity contribution in [2.45, 2.75) is 26.2 Å². The van der Waals surface area contributed by atoms with Gasteiger partial charge in [-0.2, -0.15) is 0 Å². The largest absolute Gasteiger partial charge is 0.481 e. The standard InChI is InChI=1S/C14H18INO3/c1-2-5-11(14(18)19)9-16-13(17)8-10-6-3-4-7-12(10)15/h3-4,6-7,11H,2,5,8-9H2,1H3,(H,16,17)(H,18,19). The Kier molecular flexibility index (Phi) is 6.83. The van der Waals surface area contributed by atoms with E-state index in [0.717, 1.165) is 15.6 Å². The second kappa shape index (κ2) is 8.14. The van der Waals surface area contributed by atoms with Crippen LogP contribution in [0.25, 0.3) is 0 Å². The van der Waals surface area contributed by atoms with Gasteiger partial charge < -0.3 is 10.4 Å². The molecule has 19 heavy (non-hydrogen) atoms. The van der Waals surface area contributed by atoms with Crippen LogP contribution in [0.5, 0.6) is 0 Å². The molecule has 0 aliphatic heterocycles. The first-order valence-electron chi connectivity index (χ1n) is 6.27. The predicted molar refractivity (Wildman–Crippen MR) is 81.9 cm³/mol. The van der Waals surface area contributed by atoms with Crippen molar-refractivity contribution >= 4 is 34.5 Å². The number of aliphatic carboxylic acids is 1. The fourth-order valence-electron chi connectivity index (χ4n) is 1.78. The number of amides is 1. The molecule has 0 fully saturated rings. The predicted octanol–water partition coefficient (Wildman–Crippen LogP) is 2.45. The second-order valence-corrected chi connectivity index (χ2v) is 5.56. The maximum Gasteiger partial charge on any atom is 0.308 e. The molecule has 104 valence electrons. The summed E-state index contributed by atoms with van der Waals surface area (Å²) in [7, 11) is 0. The van der Waals surface area contributed by atoms with Crippen molar-refractivity contribution < 1.29 is 14.7 Å². The zero-order chi connectivity index (χ0) is 14.3. The fraction of sp³-hybridized carbons (Fsp3) is 0.429. The molecule has 0 radical (unpaired) electrons. The maximum atomic E-state index is 11.8. The van der Waals surface area contributed by atoms with Crippen LogP contribution >= 0.6 is 22.6 Å². The average molecular weight is 375 g/mol. The highest BCUT2D eigenvalue weighted by atomic mass is 127. The van der Waals surface area contributed by atoms with Crippen LogP contribution in [0.4, 0.5) is 0 Å². The lowest BCUT2D eigenvalue weighted by molar-refractivity contribution is -0.141. The second-order valence-electron chi connectivity index (χ2n) is 4.40. The van der Waals surface area contributed by atoms with Gasteiger partial charge in [-0.15, -0.1) is 0 Å². The fourth-order valence-corrected chi connectivity index (χ4v) is 2.35. The van der Waals surface area contributed by atoms with Crippen LogP contribution in [0.15, 0.2) is 24.3 Å². The minimum atomic E-state index is -0.851. The molecule has 1 aromatic rings. The number of nitrogens with one attached hydrogen (secondary N) is 1. The van der Waals surface area contributed by atoms with Gasteiger partial charge in [0.1, 0.15) is 0 Å². The first kappa shape index (κ1) is 15.9. The number of rotatable bonds is 7. The van der Waals surface area contributed by atoms with Gasteiger partial charge in [0.05, 0.1) is 12.3 Å². The Morgan fingerprint density at radius 2 is 2.05 bits per heavy atom. The van der Waals surface area contributed by atoms with E-state index in [4.69, 9.17) is 5.11 Å². The maximum absolute atomic E-state index is 11.8. The first-order chi connectivity index (χ1) is 9.04. The summed E-state index contributed by atoms with van der Waals surface area (Å²) >= 11 is 2.19. The SMILES string of the molecule is CCCC(CNC(=O)Cc1ccccc1I)C(=O)O. The lowest BCUT2D eigenvalue weighted by Crippen LogP contribution is -2.33. The van der Waals surface area contributed by atoms with Crippen molar-refractivity contribution in [3.63, 3.8) is 0 Å². The van der Waals surface area contributed by atoms with Crippen molar-refractivity contribution in [3.05, 3.63) is 33.4 Å². The highest BCUT2D eigenvalue weighted by molar-refractivity contribution is 14.1. The Labute approximate surface area is 126 Å². The van der Waals surface area contributed by atoms with Crippen LogP contribution in [-0.4, -0.2) is 23.5 Å². The summed E-state index contributed by atoms with van der Waals surface area (Å²) in [6.45, 7) is 2.13. The Bertz CT molecular complexity index is 448. The molecule has 0 bridgehead atoms. The zero-order valence-corrected chi connectivity index (χ0v) is 13.0. The van der Waals surface area contributed by atoms with E-state index in [2.05, 4.69) is 27.9 Å². The van der Waals surface area contributed by atoms with Gasteiger partial charge in [-0.05, 0) is 40.6 Å². The van der Waals surface area contributed by atoms with Gasteiger partial charge in [-0.25, -0.2) is 0 Å². The van der Waals surface area contributed by atoms with Crippen molar-refractivity contribution in [3.8, 4) is 0 Å². The van der Waals surface area contributed by atoms with Crippen molar-refractivity contribution in [2.24, 2.45) is 5.92 Å². The molecule has 0 aromatic heterocycles. The molecule has 0 spiro atoms. The number of carboxylic acids is 1. The average Bonchev–Trinajstić information content (AvgIpc) is 2.37. The summed E-state index contributed by atoms with van der Waals surface area (Å²) in [4.78, 5) is 22.8. The Hall–Kier alpha value is -1.11. The molecule has 0 aliphatic carbocycles. The van der Waals surface area contributed by atoms with E-state index in [9.17, 15) is 9.59 Å². The van der Waals surface area contributed by atoms with Crippen LogP contribution in [-0.2, 0) is 16.0 Å². The molecule has 2 N–H and O–H groups in total. The van der Waals surface area contributed by atoms with Crippen LogP contribution in [0.3, 0.4) is 0 Å². The number of carbonyl (C=O) groups is 2. The Balaban J connectivity index is 2.47. The van der Waals surface area contributed by atoms with Gasteiger partial charge >= 0.3 is 5.97 Å². The summed E-state index contributed by atoms with van der Waals surface area (Å²) in [6.07, 6.45) is 1.67. The summed E-state index contributed by atoms with van der Waals surface area (Å²) in [5, 5.41) is 11.7. The molecule has 0 aliphatic rings. The van der Waals surface area contributed by atoms with E-state index in [-0.39, 0.29) is 18.9 Å². The number of carbonyl (C=O) groups excluding carboxylic acids is 1. The zero-order valence-electron chi connectivity index (χ0n) is 10.9. The van der Waals surface area contributed by atoms with Gasteiger partial charge in [0.15, 0.2) is 0 Å². The Morgan fingerprint density at radius 3 is 2.63 bits per heavy atom. The molecule has 1 atom stereocenters. The van der Waals surface area contributed by atoms with Crippen LogP contribution in [0.2, 0.25) is 0 Å². The quantitative estimate of drug-likeness (QED) is 0.720. The van der Waals surface area contributed by atoms with Gasteiger partial charge in [-0.3, -0.25) is 9.59 Å². The number of benzene rings is 1. The molecule has 0 saturated heterocycles. The van der Waals surface area contributed by atoms with Gasteiger partial charge in [0, 0.05) is 10.1 Å². The van der Waals surface area contributed by atoms with E-state index >= 15 is 0 Å². The third-order valence-electron chi connectivity index (χ3n) is 2.84. The van der Waals surface area contributed by atoms with Crippen LogP contribution in [0, 0.1) is 9.49 Å². The van der Waals surface area contributed by atoms with Gasteiger partial charge in [0.25, 0.3) is 0 Å². The van der Waals surface area contributed by atoms with E-state index < -0.39 is 11.9 Å². The minimum Gasteiger partial charge on any atom is -0.481 e. The smallest absolute Gasteiger partial charge is 0.308 e. The van der Waals surface area contributed by atoms with E-state index in [1.165, 1.54) is 0 Å². The molecular weight excluding hydrogens is 357 g/mol. The molecule has 0 saturated carbocycles. The van der Waals surface area contributed by atoms with Crippen molar-refractivity contribution in [1.29, 1.82) is 0 Å². The summed E-state index contributed by atoms with van der Waals surface area (Å²) in [5.74, 6) is -1.48. The third-order valence-corrected chi connectivity index (χ3v) is 3.89. The summed E-state index contributed by atoms with van der Waals surface area (Å²) < 4.78 is 1.04. The summed E-state index contributed by atoms with van der Waals surface area (Å²) in [6, 6.07) is 7.66. The van der Waals surface area contributed by atoms with E-state index in [1.807, 2.05) is 31.2 Å². The number of hydrogen-bond acceptors (Lipinski definition) is 2. The molecular formula is C14H18INO3.